The molecule has 0 aromatic heterocycles. The summed E-state index contributed by atoms with van der Waals surface area (Å²) in [5.74, 6) is 1.21. The molecule has 2 radical (unpaired) electrons. The second-order valence-electron chi connectivity index (χ2n) is 12.8. The van der Waals surface area contributed by atoms with Crippen molar-refractivity contribution in [1.82, 2.24) is 0 Å². The second-order valence-corrected chi connectivity index (χ2v) is 17.2. The molecule has 0 saturated carbocycles. The smallest absolute Gasteiger partial charge is 0.541 e. The average molecular weight is 752 g/mol. The Labute approximate surface area is 308 Å². The molecule has 6 unspecified atom stereocenters. The molecular formula is C37H65NO9Si3. The average Bonchev–Trinajstić information content (AvgIpc) is 3.10. The Bertz CT molecular complexity index is 1150. The fourth-order valence-electron chi connectivity index (χ4n) is 4.25. The molecule has 50 heavy (non-hydrogen) atoms. The van der Waals surface area contributed by atoms with Gasteiger partial charge in [0, 0.05) is 36.6 Å². The van der Waals surface area contributed by atoms with E-state index in [0.29, 0.717) is 26.9 Å². The van der Waals surface area contributed by atoms with E-state index in [2.05, 4.69) is 41.5 Å². The maximum Gasteiger partial charge on any atom is 0.750 e. The zero-order chi connectivity index (χ0) is 37.3. The standard InChI is InChI=1S/C37H65NO9Si3/c1-14-28(7)40-49(41-29(8)15-2,42-30(9)16-3)46-37-23-21-20-22-36(37)38(34-24-26-35(27-25-34)39-48-13)47-50(43-31(10)17-4,44-32(11)18-5)45-33(12)19-6/h20-33H,14-19H2,1-13H3. The number of hydrogen-bond donors (Lipinski definition) is 0. The first kappa shape index (κ1) is 44.4. The summed E-state index contributed by atoms with van der Waals surface area (Å²) in [5, 5.41) is 1.70. The van der Waals surface area contributed by atoms with Gasteiger partial charge >= 0.3 is 27.9 Å². The van der Waals surface area contributed by atoms with Gasteiger partial charge in [-0.3, -0.25) is 0 Å². The van der Waals surface area contributed by atoms with Crippen molar-refractivity contribution in [3.8, 4) is 11.5 Å². The van der Waals surface area contributed by atoms with Gasteiger partial charge in [0.2, 0.25) is 0 Å². The molecule has 6 atom stereocenters. The van der Waals surface area contributed by atoms with E-state index >= 15 is 0 Å². The predicted octanol–water partition coefficient (Wildman–Crippen LogP) is 9.94. The molecule has 0 aliphatic carbocycles. The van der Waals surface area contributed by atoms with E-state index in [0.717, 1.165) is 44.3 Å². The molecule has 2 aromatic carbocycles. The Morgan fingerprint density at radius 3 is 1.30 bits per heavy atom. The van der Waals surface area contributed by atoms with Gasteiger partial charge in [0.05, 0.1) is 5.69 Å². The lowest BCUT2D eigenvalue weighted by Gasteiger charge is -2.39. The quantitative estimate of drug-likeness (QED) is 0.0684. The van der Waals surface area contributed by atoms with E-state index in [-0.39, 0.29) is 36.6 Å². The predicted molar refractivity (Wildman–Crippen MR) is 206 cm³/mol. The summed E-state index contributed by atoms with van der Waals surface area (Å²) in [6.07, 6.45) is 3.43. The van der Waals surface area contributed by atoms with Gasteiger partial charge in [-0.1, -0.05) is 53.7 Å². The van der Waals surface area contributed by atoms with Crippen molar-refractivity contribution >= 4 is 39.2 Å². The minimum atomic E-state index is -3.92. The first-order valence-corrected chi connectivity index (χ1v) is 23.3. The highest BCUT2D eigenvalue weighted by Gasteiger charge is 2.55. The molecule has 0 aliphatic heterocycles. The normalized spacial score (nSPS) is 17.9. The van der Waals surface area contributed by atoms with Crippen LogP contribution in [0.25, 0.3) is 0 Å². The fourth-order valence-corrected chi connectivity index (χ4v) is 10.1. The van der Waals surface area contributed by atoms with Crippen LogP contribution in [0.4, 0.5) is 11.4 Å². The summed E-state index contributed by atoms with van der Waals surface area (Å²) < 4.78 is 59.9. The fraction of sp³-hybridized carbons (Fsp3) is 0.676. The van der Waals surface area contributed by atoms with Gasteiger partial charge in [-0.05, 0) is 123 Å². The van der Waals surface area contributed by atoms with Gasteiger partial charge in [0.25, 0.3) is 0 Å². The number of nitrogens with zero attached hydrogens (tertiary/aromatic N) is 1. The molecule has 0 fully saturated rings. The van der Waals surface area contributed by atoms with Gasteiger partial charge < -0.3 is 35.4 Å². The van der Waals surface area contributed by atoms with Crippen LogP contribution < -0.4 is 13.9 Å². The van der Waals surface area contributed by atoms with E-state index in [1.807, 2.05) is 96.6 Å². The van der Waals surface area contributed by atoms with Crippen LogP contribution in [0, 0.1) is 0 Å². The van der Waals surface area contributed by atoms with Gasteiger partial charge in [-0.25, -0.2) is 9.59 Å². The van der Waals surface area contributed by atoms with E-state index < -0.39 is 18.1 Å². The first-order chi connectivity index (χ1) is 23.8. The van der Waals surface area contributed by atoms with Crippen molar-refractivity contribution in [3.63, 3.8) is 0 Å². The topological polar surface area (TPSA) is 86.3 Å². The Morgan fingerprint density at radius 1 is 0.540 bits per heavy atom. The highest BCUT2D eigenvalue weighted by atomic mass is 28.4. The van der Waals surface area contributed by atoms with Crippen molar-refractivity contribution in [3.05, 3.63) is 48.5 Å². The Morgan fingerprint density at radius 2 is 0.920 bits per heavy atom. The van der Waals surface area contributed by atoms with Crippen LogP contribution in [0.15, 0.2) is 48.5 Å². The molecule has 13 heteroatoms. The zero-order valence-electron chi connectivity index (χ0n) is 32.9. The molecule has 0 N–H and O–H groups in total. The van der Waals surface area contributed by atoms with Crippen molar-refractivity contribution in [2.45, 2.75) is 165 Å². The van der Waals surface area contributed by atoms with Crippen LogP contribution in [-0.2, 0) is 31.1 Å². The Hall–Kier alpha value is -1.79. The molecule has 0 spiro atoms. The summed E-state index contributed by atoms with van der Waals surface area (Å²) in [7, 11) is -7.44. The summed E-state index contributed by atoms with van der Waals surface area (Å²) in [6, 6.07) is 15.4. The largest absolute Gasteiger partial charge is 0.750 e. The summed E-state index contributed by atoms with van der Waals surface area (Å²) >= 11 is 0. The van der Waals surface area contributed by atoms with Crippen LogP contribution in [0.2, 0.25) is 6.55 Å². The highest BCUT2D eigenvalue weighted by Crippen LogP contribution is 2.40. The van der Waals surface area contributed by atoms with Gasteiger partial charge in [-0.15, -0.1) is 0 Å². The lowest BCUT2D eigenvalue weighted by molar-refractivity contribution is -0.0846. The minimum absolute atomic E-state index is 0.169. The van der Waals surface area contributed by atoms with Crippen molar-refractivity contribution in [1.29, 1.82) is 0 Å². The third-order valence-corrected chi connectivity index (χ3v) is 13.8. The molecule has 284 valence electrons. The Kier molecular flexibility index (Phi) is 19.8. The van der Waals surface area contributed by atoms with Gasteiger partial charge in [0.1, 0.15) is 17.2 Å². The van der Waals surface area contributed by atoms with E-state index in [1.165, 1.54) is 0 Å². The number of para-hydroxylation sites is 2. The summed E-state index contributed by atoms with van der Waals surface area (Å²) in [5.41, 5.74) is 1.27. The maximum atomic E-state index is 7.07. The van der Waals surface area contributed by atoms with E-state index in [1.54, 1.807) is 5.06 Å². The van der Waals surface area contributed by atoms with Gasteiger partial charge in [0.15, 0.2) is 0 Å². The van der Waals surface area contributed by atoms with Crippen LogP contribution >= 0.6 is 0 Å². The first-order valence-electron chi connectivity index (χ1n) is 18.6. The van der Waals surface area contributed by atoms with E-state index in [9.17, 15) is 0 Å². The number of hydrogen-bond acceptors (Lipinski definition) is 10. The lowest BCUT2D eigenvalue weighted by atomic mass is 10.2. The summed E-state index contributed by atoms with van der Waals surface area (Å²) in [4.78, 5) is 0. The lowest BCUT2D eigenvalue weighted by Crippen LogP contribution is -2.58. The molecule has 0 amide bonds. The van der Waals surface area contributed by atoms with Crippen molar-refractivity contribution < 1.29 is 39.9 Å². The van der Waals surface area contributed by atoms with Gasteiger partial charge in [-0.2, -0.15) is 0 Å². The molecule has 0 saturated heterocycles. The third-order valence-electron chi connectivity index (χ3n) is 8.34. The SMILES string of the molecule is CCC(C)O[Si](Oc1ccccc1N(O[Si](OC(C)CC)(OC(C)CC)OC(C)CC)c1ccc(O[Si]C)cc1)(OC(C)CC)OC(C)CC. The zero-order valence-corrected chi connectivity index (χ0v) is 35.9. The second kappa shape index (κ2) is 22.3. The third kappa shape index (κ3) is 14.0. The molecule has 0 heterocycles. The van der Waals surface area contributed by atoms with Crippen LogP contribution in [-0.4, -0.2) is 64.5 Å². The molecule has 0 aliphatic rings. The highest BCUT2D eigenvalue weighted by molar-refractivity contribution is 6.55. The van der Waals surface area contributed by atoms with Crippen LogP contribution in [0.5, 0.6) is 11.5 Å². The monoisotopic (exact) mass is 751 g/mol. The Balaban J connectivity index is 2.89. The van der Waals surface area contributed by atoms with Crippen LogP contribution in [0.1, 0.15) is 122 Å². The van der Waals surface area contributed by atoms with Crippen LogP contribution in [0.3, 0.4) is 0 Å². The molecule has 2 aromatic rings. The molecule has 2 rings (SSSR count). The molecular weight excluding hydrogens is 687 g/mol. The van der Waals surface area contributed by atoms with E-state index in [4.69, 9.17) is 39.9 Å². The van der Waals surface area contributed by atoms with Crippen molar-refractivity contribution in [2.75, 3.05) is 5.06 Å². The molecule has 10 nitrogen and oxygen atoms in total. The number of rotatable bonds is 26. The minimum Gasteiger partial charge on any atom is -0.541 e. The number of anilines is 2. The maximum absolute atomic E-state index is 7.07. The number of benzene rings is 2. The molecule has 0 bridgehead atoms. The van der Waals surface area contributed by atoms with Crippen molar-refractivity contribution in [2.24, 2.45) is 0 Å². The summed E-state index contributed by atoms with van der Waals surface area (Å²) in [6.45, 7) is 26.5.